The zero-order valence-corrected chi connectivity index (χ0v) is 29.1. The largest absolute Gasteiger partial charge is 0.461 e. The van der Waals surface area contributed by atoms with Crippen molar-refractivity contribution in [3.8, 4) is 29.6 Å². The molecular weight excluding hydrogens is 769 g/mol. The third-order valence-corrected chi connectivity index (χ3v) is 11.3. The number of piperazine rings is 1. The van der Waals surface area contributed by atoms with Gasteiger partial charge in [0.1, 0.15) is 29.5 Å². The first-order valence-corrected chi connectivity index (χ1v) is 17.7. The number of halogens is 11. The van der Waals surface area contributed by atoms with Crippen LogP contribution in [0, 0.1) is 24.0 Å². The maximum atomic E-state index is 17.0. The first-order valence-electron chi connectivity index (χ1n) is 17.7. The molecule has 56 heavy (non-hydrogen) atoms. The van der Waals surface area contributed by atoms with Crippen LogP contribution in [-0.2, 0) is 11.2 Å². The van der Waals surface area contributed by atoms with Crippen molar-refractivity contribution >= 4 is 27.5 Å². The number of aryl methyl sites for hydroxylation is 1. The second-order valence-corrected chi connectivity index (χ2v) is 14.5. The van der Waals surface area contributed by atoms with E-state index in [4.69, 9.17) is 16.1 Å². The number of aromatic nitrogens is 3. The van der Waals surface area contributed by atoms with Crippen molar-refractivity contribution in [2.24, 2.45) is 0 Å². The lowest BCUT2D eigenvalue weighted by Crippen LogP contribution is -2.68. The number of nitrogens with zero attached hydrogens (tertiary/aromatic N) is 5. The summed E-state index contributed by atoms with van der Waals surface area (Å²) >= 11 is 0. The van der Waals surface area contributed by atoms with E-state index in [1.807, 2.05) is 4.90 Å². The molecule has 0 aliphatic carbocycles. The van der Waals surface area contributed by atoms with Crippen LogP contribution in [0.15, 0.2) is 30.3 Å². The first kappa shape index (κ1) is 38.3. The van der Waals surface area contributed by atoms with Gasteiger partial charge in [0.25, 0.3) is 0 Å². The van der Waals surface area contributed by atoms with Crippen LogP contribution in [0.25, 0.3) is 32.9 Å². The highest BCUT2D eigenvalue weighted by molar-refractivity contribution is 6.02. The number of fused-ring (bicyclic) bond motifs is 4. The molecule has 1 N–H and O–H groups in total. The third-order valence-electron chi connectivity index (χ3n) is 11.3. The van der Waals surface area contributed by atoms with Crippen LogP contribution in [0.2, 0.25) is 0 Å². The summed E-state index contributed by atoms with van der Waals surface area (Å²) in [6.45, 7) is 0.535. The highest BCUT2D eigenvalue weighted by atomic mass is 19.4. The van der Waals surface area contributed by atoms with Gasteiger partial charge in [-0.15, -0.1) is 6.42 Å². The zero-order valence-electron chi connectivity index (χ0n) is 29.1. The molecule has 1 unspecified atom stereocenters. The normalized spacial score (nSPS) is 23.3. The smallest absolute Gasteiger partial charge is 0.435 e. The average molecular weight is 801 g/mol. The summed E-state index contributed by atoms with van der Waals surface area (Å²) in [5, 5.41) is 4.38. The van der Waals surface area contributed by atoms with Crippen LogP contribution in [0.5, 0.6) is 6.01 Å². The Bertz CT molecular complexity index is 2220. The number of hydrogen-bond donors (Lipinski definition) is 1. The van der Waals surface area contributed by atoms with Crippen LogP contribution < -0.4 is 15.0 Å². The number of pyridine rings is 1. The van der Waals surface area contributed by atoms with Gasteiger partial charge in [-0.3, -0.25) is 4.90 Å². The molecule has 2 aromatic heterocycles. The number of benzene rings is 2. The lowest BCUT2D eigenvalue weighted by molar-refractivity contribution is -0.463. The molecule has 4 aliphatic rings. The van der Waals surface area contributed by atoms with Crippen molar-refractivity contribution in [2.75, 3.05) is 44.2 Å². The fourth-order valence-corrected chi connectivity index (χ4v) is 8.81. The summed E-state index contributed by atoms with van der Waals surface area (Å²) in [6.07, 6.45) is -16.3. The van der Waals surface area contributed by atoms with Crippen molar-refractivity contribution in [3.63, 3.8) is 0 Å². The van der Waals surface area contributed by atoms with Gasteiger partial charge < -0.3 is 19.7 Å². The number of hydrogen-bond acceptors (Lipinski definition) is 8. The van der Waals surface area contributed by atoms with Gasteiger partial charge >= 0.3 is 30.1 Å². The summed E-state index contributed by atoms with van der Waals surface area (Å²) in [5.74, 6) is 1.02. The topological polar surface area (TPSA) is 75.6 Å². The quantitative estimate of drug-likeness (QED) is 0.162. The molecule has 2 aromatic carbocycles. The van der Waals surface area contributed by atoms with Gasteiger partial charge in [-0.25, -0.2) is 13.8 Å². The standard InChI is InChI=1S/C37H31F11N6O2/c1-2-22-24(38)9-7-19-5-3-6-23(26(19)22)29-28(39)30-27-25(50-29)10-8-20-16-49-12-14-54(20)31(27)52-32(51-30)55-18-33-11-4-13-53(33)17-21(15-33)56-34(35(40,41)42,36(43,44)45)37(46,47)48/h1,3,5-7,9,20-21,49H,4,8,10-18H2/t20-,21+,33?/m1/s1. The van der Waals surface area contributed by atoms with Gasteiger partial charge in [0.2, 0.25) is 0 Å². The molecule has 4 aromatic rings. The van der Waals surface area contributed by atoms with Crippen LogP contribution in [0.1, 0.15) is 36.9 Å². The van der Waals surface area contributed by atoms with E-state index in [-0.39, 0.29) is 58.6 Å². The van der Waals surface area contributed by atoms with Crippen molar-refractivity contribution in [1.82, 2.24) is 25.2 Å². The van der Waals surface area contributed by atoms with Crippen molar-refractivity contribution in [3.05, 3.63) is 53.2 Å². The molecule has 0 amide bonds. The molecule has 0 radical (unpaired) electrons. The molecule has 8 rings (SSSR count). The Morgan fingerprint density at radius 1 is 0.929 bits per heavy atom. The Hall–Kier alpha value is -4.54. The van der Waals surface area contributed by atoms with Gasteiger partial charge in [-0.1, -0.05) is 30.2 Å². The van der Waals surface area contributed by atoms with Crippen molar-refractivity contribution in [1.29, 1.82) is 0 Å². The molecule has 0 saturated carbocycles. The summed E-state index contributed by atoms with van der Waals surface area (Å²) in [4.78, 5) is 17.2. The van der Waals surface area contributed by atoms with Crippen LogP contribution in [0.3, 0.4) is 0 Å². The zero-order chi connectivity index (χ0) is 40.0. The Balaban J connectivity index is 1.20. The summed E-state index contributed by atoms with van der Waals surface area (Å²) in [5.41, 5.74) is -7.61. The third kappa shape index (κ3) is 5.89. The highest BCUT2D eigenvalue weighted by Crippen LogP contribution is 2.57. The van der Waals surface area contributed by atoms with E-state index >= 15 is 4.39 Å². The molecular formula is C37H31F11N6O2. The Kier molecular flexibility index (Phi) is 9.08. The van der Waals surface area contributed by atoms with E-state index in [0.717, 1.165) is 0 Å². The van der Waals surface area contributed by atoms with E-state index < -0.39 is 67.0 Å². The number of ether oxygens (including phenoxy) is 2. The van der Waals surface area contributed by atoms with E-state index in [1.54, 1.807) is 18.2 Å². The number of rotatable bonds is 6. The van der Waals surface area contributed by atoms with Gasteiger partial charge in [0, 0.05) is 43.2 Å². The van der Waals surface area contributed by atoms with Crippen LogP contribution >= 0.6 is 0 Å². The molecule has 0 bridgehead atoms. The fourth-order valence-electron chi connectivity index (χ4n) is 8.81. The van der Waals surface area contributed by atoms with Crippen LogP contribution in [0.4, 0.5) is 54.1 Å². The second-order valence-electron chi connectivity index (χ2n) is 14.5. The molecule has 3 saturated heterocycles. The SMILES string of the molecule is C#Cc1c(F)ccc2cccc(-c3nc4c5c(nc(OCC67CCCN6C[C@@H](OC(C(F)(F)F)(C(F)(F)F)C(F)(F)F)C7)nc5c3F)N3CCNC[C@H]3CC4)c12. The number of alkyl halides is 9. The van der Waals surface area contributed by atoms with Gasteiger partial charge in [-0.2, -0.15) is 49.5 Å². The predicted octanol–water partition coefficient (Wildman–Crippen LogP) is 7.26. The Morgan fingerprint density at radius 3 is 2.39 bits per heavy atom. The molecule has 4 aliphatic heterocycles. The van der Waals surface area contributed by atoms with E-state index in [0.29, 0.717) is 55.4 Å². The number of anilines is 1. The van der Waals surface area contributed by atoms with E-state index in [9.17, 15) is 43.9 Å². The number of terminal acetylenes is 1. The monoisotopic (exact) mass is 800 g/mol. The highest BCUT2D eigenvalue weighted by Gasteiger charge is 2.86. The van der Waals surface area contributed by atoms with Gasteiger partial charge in [0.15, 0.2) is 5.82 Å². The molecule has 3 atom stereocenters. The molecule has 298 valence electrons. The van der Waals surface area contributed by atoms with Crippen molar-refractivity contribution < 1.29 is 57.8 Å². The van der Waals surface area contributed by atoms with E-state index in [2.05, 4.69) is 25.9 Å². The summed E-state index contributed by atoms with van der Waals surface area (Å²) in [6, 6.07) is 7.07. The molecule has 19 heteroatoms. The molecule has 3 fully saturated rings. The minimum Gasteiger partial charge on any atom is -0.461 e. The molecule has 6 heterocycles. The second kappa shape index (κ2) is 13.3. The minimum atomic E-state index is -6.87. The predicted molar refractivity (Wildman–Crippen MR) is 180 cm³/mol. The first-order chi connectivity index (χ1) is 26.4. The maximum absolute atomic E-state index is 17.0. The van der Waals surface area contributed by atoms with Crippen molar-refractivity contribution in [2.45, 2.75) is 73.9 Å². The average Bonchev–Trinajstić information content (AvgIpc) is 3.63. The minimum absolute atomic E-state index is 0.0990. The van der Waals surface area contributed by atoms with Crippen LogP contribution in [-0.4, -0.2) is 101 Å². The lowest BCUT2D eigenvalue weighted by Gasteiger charge is -2.40. The summed E-state index contributed by atoms with van der Waals surface area (Å²) < 4.78 is 166. The number of nitrogens with one attached hydrogen (secondary N) is 1. The molecule has 8 nitrogen and oxygen atoms in total. The lowest BCUT2D eigenvalue weighted by atomic mass is 9.93. The Morgan fingerprint density at radius 2 is 1.68 bits per heavy atom. The summed E-state index contributed by atoms with van der Waals surface area (Å²) in [7, 11) is 0. The maximum Gasteiger partial charge on any atom is 0.435 e. The molecule has 0 spiro atoms. The van der Waals surface area contributed by atoms with E-state index in [1.165, 1.54) is 17.0 Å². The fraction of sp³-hybridized carbons (Fsp3) is 0.486. The van der Waals surface area contributed by atoms with Gasteiger partial charge in [0.05, 0.1) is 28.3 Å². The van der Waals surface area contributed by atoms with Gasteiger partial charge in [-0.05, 0) is 50.1 Å². The Labute approximate surface area is 311 Å².